The normalized spacial score (nSPS) is 20.9. The maximum atomic E-state index is 13.2. The largest absolute Gasteiger partial charge is 0.467 e. The van der Waals surface area contributed by atoms with Gasteiger partial charge in [0.15, 0.2) is 36.6 Å². The van der Waals surface area contributed by atoms with Crippen LogP contribution in [0.5, 0.6) is 0 Å². The number of hydrogen-bond donors (Lipinski definition) is 2. The number of non-ortho nitro benzene ring substituents is 2. The number of nitro benzene ring substituents is 2. The van der Waals surface area contributed by atoms with Gasteiger partial charge in [-0.1, -0.05) is 63.7 Å². The van der Waals surface area contributed by atoms with E-state index in [0.29, 0.717) is 17.9 Å². The summed E-state index contributed by atoms with van der Waals surface area (Å²) in [6.07, 6.45) is -6.08. The van der Waals surface area contributed by atoms with Gasteiger partial charge in [-0.2, -0.15) is 0 Å². The summed E-state index contributed by atoms with van der Waals surface area (Å²) >= 11 is 13.1. The molecule has 2 aliphatic carbocycles. The molecule has 0 aromatic heterocycles. The molecule has 0 heterocycles. The number of aliphatic hydroxyl groups is 2. The SMILES string of the molecule is COC(=O)[C@@]1(O)[C@H](OC(=O)c2ccc([N+](=O)[O-])cc2)C=C[C@@H](OC(=O)c2ccc(Br)cc2)[C@@H]1OC(=O)c1ccc(Br)cc1.COC(=O)[C@@]1(O)[C@H](OC(=O)c2ccc([N+](=O)[O-])cc2)C=C[C@@H](OC(=O)c2ccc(Br)cc2)[C@@H]1OC(=O)c1ccc(Br)cc1. The number of halogens is 4. The molecule has 24 nitrogen and oxygen atoms in total. The highest BCUT2D eigenvalue weighted by atomic mass is 79.9. The van der Waals surface area contributed by atoms with Crippen LogP contribution in [0.1, 0.15) is 62.1 Å². The molecule has 2 N–H and O–H groups in total. The molecule has 0 unspecified atom stereocenters. The molecule has 0 fully saturated rings. The van der Waals surface area contributed by atoms with Crippen molar-refractivity contribution in [2.24, 2.45) is 0 Å². The number of carbonyl (C=O) groups is 8. The van der Waals surface area contributed by atoms with Gasteiger partial charge in [0.05, 0.1) is 57.4 Å². The first-order valence-corrected chi connectivity index (χ1v) is 27.8. The predicted molar refractivity (Wildman–Crippen MR) is 310 cm³/mol. The molecule has 444 valence electrons. The van der Waals surface area contributed by atoms with E-state index < -0.39 is 105 Å². The van der Waals surface area contributed by atoms with E-state index in [-0.39, 0.29) is 44.8 Å². The minimum atomic E-state index is -2.91. The molecule has 0 saturated heterocycles. The van der Waals surface area contributed by atoms with Crippen LogP contribution in [-0.2, 0) is 47.5 Å². The van der Waals surface area contributed by atoms with Crippen LogP contribution >= 0.6 is 63.7 Å². The number of rotatable bonds is 16. The van der Waals surface area contributed by atoms with Crippen LogP contribution in [-0.4, -0.2) is 130 Å². The van der Waals surface area contributed by atoms with Crippen LogP contribution < -0.4 is 0 Å². The van der Waals surface area contributed by atoms with Crippen molar-refractivity contribution in [3.8, 4) is 0 Å². The van der Waals surface area contributed by atoms with Crippen LogP contribution in [0, 0.1) is 20.2 Å². The Balaban J connectivity index is 0.000000246. The third-order valence-corrected chi connectivity index (χ3v) is 14.8. The van der Waals surface area contributed by atoms with Crippen molar-refractivity contribution >= 4 is 123 Å². The third kappa shape index (κ3) is 15.2. The van der Waals surface area contributed by atoms with Gasteiger partial charge in [-0.3, -0.25) is 20.2 Å². The zero-order chi connectivity index (χ0) is 62.6. The van der Waals surface area contributed by atoms with Crippen molar-refractivity contribution in [3.05, 3.63) is 241 Å². The molecular weight excluding hydrogens is 1400 g/mol. The van der Waals surface area contributed by atoms with Gasteiger partial charge in [0.25, 0.3) is 11.4 Å². The van der Waals surface area contributed by atoms with Crippen molar-refractivity contribution in [2.75, 3.05) is 14.2 Å². The fraction of sp³-hybridized carbons (Fsp3) is 0.172. The summed E-state index contributed by atoms with van der Waals surface area (Å²) in [6, 6.07) is 32.9. The lowest BCUT2D eigenvalue weighted by atomic mass is 9.81. The average molecular weight is 1440 g/mol. The second kappa shape index (κ2) is 28.4. The zero-order valence-electron chi connectivity index (χ0n) is 44.1. The molecule has 0 aliphatic heterocycles. The van der Waals surface area contributed by atoms with Crippen LogP contribution in [0.15, 0.2) is 188 Å². The number of ether oxygens (including phenoxy) is 8. The predicted octanol–water partition coefficient (Wildman–Crippen LogP) is 9.14. The Hall–Kier alpha value is -8.80. The lowest BCUT2D eigenvalue weighted by Gasteiger charge is -2.42. The van der Waals surface area contributed by atoms with E-state index in [1.165, 1.54) is 60.7 Å². The Kier molecular flexibility index (Phi) is 21.4. The molecule has 8 rings (SSSR count). The van der Waals surface area contributed by atoms with Crippen LogP contribution in [0.3, 0.4) is 0 Å². The molecule has 2 aliphatic rings. The Morgan fingerprint density at radius 1 is 0.372 bits per heavy atom. The first-order chi connectivity index (χ1) is 40.9. The molecule has 0 spiro atoms. The van der Waals surface area contributed by atoms with Gasteiger partial charge in [0, 0.05) is 42.2 Å². The van der Waals surface area contributed by atoms with Crippen molar-refractivity contribution in [2.45, 2.75) is 47.8 Å². The molecule has 0 radical (unpaired) electrons. The van der Waals surface area contributed by atoms with Gasteiger partial charge >= 0.3 is 47.8 Å². The summed E-state index contributed by atoms with van der Waals surface area (Å²) in [5.41, 5.74) is -6.37. The lowest BCUT2D eigenvalue weighted by Crippen LogP contribution is -2.66. The maximum Gasteiger partial charge on any atom is 0.346 e. The smallest absolute Gasteiger partial charge is 0.346 e. The summed E-state index contributed by atoms with van der Waals surface area (Å²) in [7, 11) is 1.90. The Bertz CT molecular complexity index is 3390. The third-order valence-electron chi connectivity index (χ3n) is 12.7. The molecule has 6 aromatic rings. The molecule has 8 atom stereocenters. The number of nitro groups is 2. The summed E-state index contributed by atoms with van der Waals surface area (Å²) in [6.45, 7) is 0. The molecular formula is C58H42Br4N2O22. The van der Waals surface area contributed by atoms with E-state index >= 15 is 0 Å². The minimum Gasteiger partial charge on any atom is -0.467 e. The lowest BCUT2D eigenvalue weighted by molar-refractivity contribution is -0.385. The van der Waals surface area contributed by atoms with Gasteiger partial charge < -0.3 is 48.1 Å². The fourth-order valence-electron chi connectivity index (χ4n) is 8.21. The van der Waals surface area contributed by atoms with Crippen molar-refractivity contribution < 1.29 is 96.3 Å². The van der Waals surface area contributed by atoms with E-state index in [2.05, 4.69) is 63.7 Å². The van der Waals surface area contributed by atoms with E-state index in [0.717, 1.165) is 74.9 Å². The Labute approximate surface area is 519 Å². The van der Waals surface area contributed by atoms with Gasteiger partial charge in [-0.05, 0) is 146 Å². The van der Waals surface area contributed by atoms with Gasteiger partial charge in [-0.15, -0.1) is 0 Å². The number of carbonyl (C=O) groups excluding carboxylic acids is 8. The first kappa shape index (κ1) is 64.8. The first-order valence-electron chi connectivity index (χ1n) is 24.6. The summed E-state index contributed by atoms with van der Waals surface area (Å²) < 4.78 is 45.4. The summed E-state index contributed by atoms with van der Waals surface area (Å²) in [5.74, 6) is -8.63. The molecule has 86 heavy (non-hydrogen) atoms. The molecule has 6 aromatic carbocycles. The second-order valence-electron chi connectivity index (χ2n) is 18.1. The van der Waals surface area contributed by atoms with Gasteiger partial charge in [0.1, 0.15) is 0 Å². The Morgan fingerprint density at radius 3 is 0.826 bits per heavy atom. The van der Waals surface area contributed by atoms with E-state index in [1.54, 1.807) is 48.5 Å². The number of nitrogens with zero attached hydrogens (tertiary/aromatic N) is 2. The van der Waals surface area contributed by atoms with Crippen LogP contribution in [0.4, 0.5) is 11.4 Å². The monoisotopic (exact) mass is 1430 g/mol. The van der Waals surface area contributed by atoms with Crippen LogP contribution in [0.25, 0.3) is 0 Å². The highest BCUT2D eigenvalue weighted by Gasteiger charge is 2.62. The maximum absolute atomic E-state index is 13.2. The number of esters is 8. The highest BCUT2D eigenvalue weighted by molar-refractivity contribution is 9.11. The van der Waals surface area contributed by atoms with Crippen molar-refractivity contribution in [1.29, 1.82) is 0 Å². The van der Waals surface area contributed by atoms with Gasteiger partial charge in [-0.25, -0.2) is 38.4 Å². The molecule has 0 bridgehead atoms. The minimum absolute atomic E-state index is 0.0300. The number of methoxy groups -OCH3 is 2. The molecule has 0 amide bonds. The van der Waals surface area contributed by atoms with Crippen molar-refractivity contribution in [1.82, 2.24) is 0 Å². The average Bonchev–Trinajstić information content (AvgIpc) is 0.913. The Morgan fingerprint density at radius 2 is 0.593 bits per heavy atom. The van der Waals surface area contributed by atoms with Crippen molar-refractivity contribution in [3.63, 3.8) is 0 Å². The molecule has 0 saturated carbocycles. The highest BCUT2D eigenvalue weighted by Crippen LogP contribution is 2.37. The zero-order valence-corrected chi connectivity index (χ0v) is 50.4. The van der Waals surface area contributed by atoms with E-state index in [9.17, 15) is 68.8 Å². The fourth-order valence-corrected chi connectivity index (χ4v) is 9.26. The summed E-state index contributed by atoms with van der Waals surface area (Å²) in [4.78, 5) is 125. The summed E-state index contributed by atoms with van der Waals surface area (Å²) in [5, 5.41) is 45.6. The topological polar surface area (TPSA) is 337 Å². The van der Waals surface area contributed by atoms with E-state index in [1.807, 2.05) is 0 Å². The number of benzene rings is 6. The second-order valence-corrected chi connectivity index (χ2v) is 21.7. The molecule has 28 heteroatoms. The quantitative estimate of drug-likeness (QED) is 0.0300. The standard InChI is InChI=1S/2C29H21Br2NO11/c2*1-40-28(36)29(37)23(42-26(34)18-6-12-21(13-7-18)32(38)39)15-14-22(41-25(33)16-2-8-19(30)9-3-16)24(29)43-27(35)17-4-10-20(31)11-5-17/h2*2-15,22-24,37H,1H3/t2*22-,23-,24+,29-/m11/s1. The number of hydrogen-bond acceptors (Lipinski definition) is 22. The van der Waals surface area contributed by atoms with Crippen LogP contribution in [0.2, 0.25) is 0 Å². The van der Waals surface area contributed by atoms with Gasteiger partial charge in [0.2, 0.25) is 11.2 Å². The van der Waals surface area contributed by atoms with E-state index in [4.69, 9.17) is 37.9 Å².